The summed E-state index contributed by atoms with van der Waals surface area (Å²) in [7, 11) is 1.87. The van der Waals surface area contributed by atoms with Crippen LogP contribution in [-0.4, -0.2) is 22.7 Å². The molecule has 112 valence electrons. The molecule has 21 heavy (non-hydrogen) atoms. The van der Waals surface area contributed by atoms with E-state index in [1.165, 1.54) is 0 Å². The van der Waals surface area contributed by atoms with Crippen LogP contribution in [0.15, 0.2) is 22.7 Å². The number of aldehydes is 1. The second-order valence-electron chi connectivity index (χ2n) is 4.52. The molecule has 2 rings (SSSR count). The number of benzene rings is 1. The molecule has 0 unspecified atom stereocenters. The van der Waals surface area contributed by atoms with Gasteiger partial charge in [0, 0.05) is 12.6 Å². The summed E-state index contributed by atoms with van der Waals surface area (Å²) in [5, 5.41) is 4.32. The number of aryl methyl sites for hydroxylation is 2. The van der Waals surface area contributed by atoms with E-state index in [4.69, 9.17) is 9.47 Å². The van der Waals surface area contributed by atoms with Crippen molar-refractivity contribution in [3.05, 3.63) is 39.6 Å². The molecule has 6 heteroatoms. The minimum Gasteiger partial charge on any atom is -0.490 e. The summed E-state index contributed by atoms with van der Waals surface area (Å²) in [5.74, 6) is 1.17. The molecule has 0 atom stereocenters. The number of aromatic nitrogens is 2. The quantitative estimate of drug-likeness (QED) is 0.748. The number of ether oxygens (including phenoxy) is 2. The first-order valence-corrected chi connectivity index (χ1v) is 7.39. The molecule has 0 aliphatic rings. The fraction of sp³-hybridized carbons (Fsp3) is 0.333. The van der Waals surface area contributed by atoms with E-state index in [2.05, 4.69) is 21.0 Å². The summed E-state index contributed by atoms with van der Waals surface area (Å²) in [6, 6.07) is 5.12. The zero-order valence-corrected chi connectivity index (χ0v) is 13.8. The Morgan fingerprint density at radius 2 is 2.10 bits per heavy atom. The molecule has 0 fully saturated rings. The van der Waals surface area contributed by atoms with Gasteiger partial charge >= 0.3 is 0 Å². The highest BCUT2D eigenvalue weighted by atomic mass is 79.9. The maximum Gasteiger partial charge on any atom is 0.161 e. The molecule has 1 aromatic carbocycles. The number of hydrogen-bond donors (Lipinski definition) is 0. The highest BCUT2D eigenvalue weighted by Gasteiger charge is 2.13. The lowest BCUT2D eigenvalue weighted by molar-refractivity contribution is 0.112. The van der Waals surface area contributed by atoms with Crippen molar-refractivity contribution in [1.82, 2.24) is 9.78 Å². The van der Waals surface area contributed by atoms with E-state index in [0.29, 0.717) is 30.3 Å². The lowest BCUT2D eigenvalue weighted by Gasteiger charge is -2.12. The standard InChI is InChI=1S/C15H17BrN2O3/c1-4-20-14-7-11(8-19)5-6-13(14)21-9-12-15(16)10(2)17-18(12)3/h5-8H,4,9H2,1-3H3. The van der Waals surface area contributed by atoms with E-state index in [9.17, 15) is 4.79 Å². The van der Waals surface area contributed by atoms with Gasteiger partial charge in [-0.15, -0.1) is 0 Å². The van der Waals surface area contributed by atoms with E-state index in [0.717, 1.165) is 22.1 Å². The molecule has 0 N–H and O–H groups in total. The van der Waals surface area contributed by atoms with Gasteiger partial charge in [-0.3, -0.25) is 9.48 Å². The third kappa shape index (κ3) is 3.44. The van der Waals surface area contributed by atoms with Gasteiger partial charge in [0.05, 0.1) is 22.5 Å². The molecule has 0 radical (unpaired) electrons. The summed E-state index contributed by atoms with van der Waals surface area (Å²) in [6.07, 6.45) is 0.785. The van der Waals surface area contributed by atoms with Crippen LogP contribution in [0.25, 0.3) is 0 Å². The number of halogens is 1. The summed E-state index contributed by atoms with van der Waals surface area (Å²) >= 11 is 3.51. The molecule has 0 saturated heterocycles. The van der Waals surface area contributed by atoms with Crippen LogP contribution in [0.3, 0.4) is 0 Å². The molecular formula is C15H17BrN2O3. The van der Waals surface area contributed by atoms with Gasteiger partial charge in [0.25, 0.3) is 0 Å². The third-order valence-electron chi connectivity index (χ3n) is 3.03. The number of rotatable bonds is 6. The van der Waals surface area contributed by atoms with Gasteiger partial charge in [-0.05, 0) is 48.0 Å². The highest BCUT2D eigenvalue weighted by molar-refractivity contribution is 9.10. The van der Waals surface area contributed by atoms with Crippen LogP contribution in [0.2, 0.25) is 0 Å². The van der Waals surface area contributed by atoms with E-state index in [1.54, 1.807) is 22.9 Å². The van der Waals surface area contributed by atoms with E-state index in [-0.39, 0.29) is 0 Å². The van der Waals surface area contributed by atoms with Gasteiger partial charge < -0.3 is 9.47 Å². The maximum absolute atomic E-state index is 10.8. The third-order valence-corrected chi connectivity index (χ3v) is 4.06. The van der Waals surface area contributed by atoms with Crippen LogP contribution in [-0.2, 0) is 13.7 Å². The van der Waals surface area contributed by atoms with E-state index < -0.39 is 0 Å². The Labute approximate surface area is 132 Å². The van der Waals surface area contributed by atoms with Crippen molar-refractivity contribution < 1.29 is 14.3 Å². The van der Waals surface area contributed by atoms with Crippen molar-refractivity contribution in [2.45, 2.75) is 20.5 Å². The Bertz CT molecular complexity index is 653. The predicted octanol–water partition coefficient (Wildman–Crippen LogP) is 3.28. The number of nitrogens with zero attached hydrogens (tertiary/aromatic N) is 2. The monoisotopic (exact) mass is 352 g/mol. The zero-order chi connectivity index (χ0) is 15.4. The zero-order valence-electron chi connectivity index (χ0n) is 12.2. The first-order chi connectivity index (χ1) is 10.1. The van der Waals surface area contributed by atoms with Crippen LogP contribution in [0, 0.1) is 6.92 Å². The van der Waals surface area contributed by atoms with Gasteiger partial charge in [0.1, 0.15) is 12.9 Å². The summed E-state index contributed by atoms with van der Waals surface area (Å²) in [6.45, 7) is 4.68. The van der Waals surface area contributed by atoms with Crippen molar-refractivity contribution in [2.24, 2.45) is 7.05 Å². The minimum atomic E-state index is 0.360. The molecule has 1 heterocycles. The van der Waals surface area contributed by atoms with Gasteiger partial charge in [0.15, 0.2) is 11.5 Å². The number of hydrogen-bond acceptors (Lipinski definition) is 4. The molecule has 0 aliphatic heterocycles. The smallest absolute Gasteiger partial charge is 0.161 e. The maximum atomic E-state index is 10.8. The van der Waals surface area contributed by atoms with Crippen LogP contribution < -0.4 is 9.47 Å². The van der Waals surface area contributed by atoms with Crippen molar-refractivity contribution in [1.29, 1.82) is 0 Å². The van der Waals surface area contributed by atoms with Gasteiger partial charge in [-0.2, -0.15) is 5.10 Å². The topological polar surface area (TPSA) is 53.4 Å². The summed E-state index contributed by atoms with van der Waals surface area (Å²) in [4.78, 5) is 10.8. The SMILES string of the molecule is CCOc1cc(C=O)ccc1OCc1c(Br)c(C)nn1C. The lowest BCUT2D eigenvalue weighted by atomic mass is 10.2. The summed E-state index contributed by atoms with van der Waals surface area (Å²) in [5.41, 5.74) is 2.41. The molecule has 0 spiro atoms. The second kappa shape index (κ2) is 6.76. The van der Waals surface area contributed by atoms with Crippen LogP contribution >= 0.6 is 15.9 Å². The highest BCUT2D eigenvalue weighted by Crippen LogP contribution is 2.30. The number of carbonyl (C=O) groups excluding carboxylic acids is 1. The van der Waals surface area contributed by atoms with Crippen LogP contribution in [0.1, 0.15) is 28.7 Å². The van der Waals surface area contributed by atoms with Crippen LogP contribution in [0.4, 0.5) is 0 Å². The normalized spacial score (nSPS) is 10.5. The second-order valence-corrected chi connectivity index (χ2v) is 5.31. The Balaban J connectivity index is 2.21. The first-order valence-electron chi connectivity index (χ1n) is 6.59. The van der Waals surface area contributed by atoms with Crippen LogP contribution in [0.5, 0.6) is 11.5 Å². The molecule has 5 nitrogen and oxygen atoms in total. The molecule has 1 aromatic heterocycles. The first kappa shape index (κ1) is 15.6. The Morgan fingerprint density at radius 3 is 2.67 bits per heavy atom. The largest absolute Gasteiger partial charge is 0.490 e. The minimum absolute atomic E-state index is 0.360. The molecule has 0 aliphatic carbocycles. The fourth-order valence-electron chi connectivity index (χ4n) is 1.97. The van der Waals surface area contributed by atoms with Gasteiger partial charge in [0.2, 0.25) is 0 Å². The number of carbonyl (C=O) groups is 1. The molecular weight excluding hydrogens is 336 g/mol. The average Bonchev–Trinajstić information content (AvgIpc) is 2.71. The van der Waals surface area contributed by atoms with Crippen molar-refractivity contribution >= 4 is 22.2 Å². The molecule has 0 saturated carbocycles. The van der Waals surface area contributed by atoms with Crippen molar-refractivity contribution in [2.75, 3.05) is 6.61 Å². The van der Waals surface area contributed by atoms with E-state index >= 15 is 0 Å². The Hall–Kier alpha value is -1.82. The molecule has 2 aromatic rings. The molecule has 0 amide bonds. The lowest BCUT2D eigenvalue weighted by Crippen LogP contribution is -2.05. The van der Waals surface area contributed by atoms with Crippen molar-refractivity contribution in [3.8, 4) is 11.5 Å². The Kier molecular flexibility index (Phi) is 5.01. The predicted molar refractivity (Wildman–Crippen MR) is 83.0 cm³/mol. The fourth-order valence-corrected chi connectivity index (χ4v) is 2.42. The van der Waals surface area contributed by atoms with Gasteiger partial charge in [-0.25, -0.2) is 0 Å². The molecule has 0 bridgehead atoms. The average molecular weight is 353 g/mol. The summed E-state index contributed by atoms with van der Waals surface area (Å²) < 4.78 is 14.0. The van der Waals surface area contributed by atoms with Crippen molar-refractivity contribution in [3.63, 3.8) is 0 Å². The van der Waals surface area contributed by atoms with E-state index in [1.807, 2.05) is 20.9 Å². The van der Waals surface area contributed by atoms with Gasteiger partial charge in [-0.1, -0.05) is 0 Å². The Morgan fingerprint density at radius 1 is 1.33 bits per heavy atom.